The summed E-state index contributed by atoms with van der Waals surface area (Å²) in [5.74, 6) is 1.51. The van der Waals surface area contributed by atoms with E-state index in [1.54, 1.807) is 0 Å². The van der Waals surface area contributed by atoms with Crippen LogP contribution in [-0.2, 0) is 6.54 Å². The van der Waals surface area contributed by atoms with Gasteiger partial charge < -0.3 is 0 Å². The first-order valence-electron chi connectivity index (χ1n) is 4.81. The molecule has 1 heterocycles. The second kappa shape index (κ2) is 4.65. The fourth-order valence-electron chi connectivity index (χ4n) is 1.77. The Balaban J connectivity index is 1.90. The quantitative estimate of drug-likeness (QED) is 0.766. The van der Waals surface area contributed by atoms with Crippen LogP contribution in [-0.4, -0.2) is 23.9 Å². The monoisotopic (exact) mass is 273 g/mol. The predicted molar refractivity (Wildman–Crippen MR) is 63.6 cm³/mol. The lowest BCUT2D eigenvalue weighted by molar-refractivity contribution is 0.107. The van der Waals surface area contributed by atoms with Gasteiger partial charge in [-0.1, -0.05) is 34.1 Å². The number of nitrogens with zero attached hydrogens (tertiary/aromatic N) is 1. The molecule has 2 rings (SSSR count). The molecule has 0 amide bonds. The van der Waals surface area contributed by atoms with Gasteiger partial charge >= 0.3 is 0 Å². The van der Waals surface area contributed by atoms with Gasteiger partial charge in [-0.2, -0.15) is 0 Å². The van der Waals surface area contributed by atoms with E-state index in [-0.39, 0.29) is 0 Å². The standard InChI is InChI=1S/C11H13BrClN/c12-11-4-2-1-3-10(11)8-14-6-9(5-13)7-14/h1-4,9H,5-8H2. The van der Waals surface area contributed by atoms with E-state index >= 15 is 0 Å². The van der Waals surface area contributed by atoms with Crippen LogP contribution in [0, 0.1) is 5.92 Å². The Bertz CT molecular complexity index is 310. The summed E-state index contributed by atoms with van der Waals surface area (Å²) in [6.45, 7) is 3.32. The van der Waals surface area contributed by atoms with Gasteiger partial charge in [-0.3, -0.25) is 4.90 Å². The average Bonchev–Trinajstić information content (AvgIpc) is 2.13. The molecular weight excluding hydrogens is 261 g/mol. The molecule has 0 spiro atoms. The Labute approximate surface area is 98.2 Å². The number of hydrogen-bond acceptors (Lipinski definition) is 1. The molecule has 1 saturated heterocycles. The van der Waals surface area contributed by atoms with Crippen molar-refractivity contribution in [1.29, 1.82) is 0 Å². The van der Waals surface area contributed by atoms with E-state index in [9.17, 15) is 0 Å². The van der Waals surface area contributed by atoms with Gasteiger partial charge in [0.15, 0.2) is 0 Å². The first kappa shape index (κ1) is 10.5. The second-order valence-corrected chi connectivity index (χ2v) is 4.97. The molecule has 1 fully saturated rings. The van der Waals surface area contributed by atoms with Crippen molar-refractivity contribution in [3.63, 3.8) is 0 Å². The van der Waals surface area contributed by atoms with E-state index in [4.69, 9.17) is 11.6 Å². The van der Waals surface area contributed by atoms with Crippen LogP contribution >= 0.6 is 27.5 Å². The summed E-state index contributed by atoms with van der Waals surface area (Å²) in [6.07, 6.45) is 0. The van der Waals surface area contributed by atoms with Crippen molar-refractivity contribution in [3.8, 4) is 0 Å². The lowest BCUT2D eigenvalue weighted by atomic mass is 10.0. The third-order valence-corrected chi connectivity index (χ3v) is 3.81. The lowest BCUT2D eigenvalue weighted by Crippen LogP contribution is -2.46. The second-order valence-electron chi connectivity index (χ2n) is 3.81. The van der Waals surface area contributed by atoms with Crippen molar-refractivity contribution in [1.82, 2.24) is 4.90 Å². The number of alkyl halides is 1. The van der Waals surface area contributed by atoms with Crippen molar-refractivity contribution >= 4 is 27.5 Å². The third kappa shape index (κ3) is 2.30. The average molecular weight is 275 g/mol. The summed E-state index contributed by atoms with van der Waals surface area (Å²) in [5, 5.41) is 0. The highest BCUT2D eigenvalue weighted by Crippen LogP contribution is 2.23. The number of likely N-dealkylation sites (tertiary alicyclic amines) is 1. The molecule has 1 nitrogen and oxygen atoms in total. The minimum atomic E-state index is 0.708. The number of halogens is 2. The lowest BCUT2D eigenvalue weighted by Gasteiger charge is -2.38. The van der Waals surface area contributed by atoms with Crippen molar-refractivity contribution in [3.05, 3.63) is 34.3 Å². The molecular formula is C11H13BrClN. The van der Waals surface area contributed by atoms with Gasteiger partial charge in [0.05, 0.1) is 0 Å². The Morgan fingerprint density at radius 3 is 2.71 bits per heavy atom. The molecule has 0 unspecified atom stereocenters. The first-order chi connectivity index (χ1) is 6.79. The van der Waals surface area contributed by atoms with Gasteiger partial charge in [0.25, 0.3) is 0 Å². The van der Waals surface area contributed by atoms with Crippen LogP contribution < -0.4 is 0 Å². The van der Waals surface area contributed by atoms with Gasteiger partial charge in [-0.15, -0.1) is 11.6 Å². The minimum absolute atomic E-state index is 0.708. The van der Waals surface area contributed by atoms with E-state index in [1.165, 1.54) is 10.0 Å². The summed E-state index contributed by atoms with van der Waals surface area (Å²) >= 11 is 9.32. The van der Waals surface area contributed by atoms with Crippen molar-refractivity contribution in [2.75, 3.05) is 19.0 Å². The maximum Gasteiger partial charge on any atom is 0.0276 e. The fourth-order valence-corrected chi connectivity index (χ4v) is 2.38. The Hall–Kier alpha value is -0.0500. The molecule has 3 heteroatoms. The molecule has 1 aromatic carbocycles. The van der Waals surface area contributed by atoms with E-state index in [1.807, 2.05) is 6.07 Å². The molecule has 0 aliphatic carbocycles. The molecule has 76 valence electrons. The zero-order chi connectivity index (χ0) is 9.97. The van der Waals surface area contributed by atoms with E-state index in [0.717, 1.165) is 25.5 Å². The molecule has 0 bridgehead atoms. The Morgan fingerprint density at radius 2 is 2.07 bits per heavy atom. The molecule has 1 aliphatic rings. The van der Waals surface area contributed by atoms with Crippen LogP contribution in [0.4, 0.5) is 0 Å². The van der Waals surface area contributed by atoms with Gasteiger partial charge in [0.2, 0.25) is 0 Å². The Kier molecular flexibility index (Phi) is 3.47. The smallest absolute Gasteiger partial charge is 0.0276 e. The highest BCUT2D eigenvalue weighted by Gasteiger charge is 2.25. The predicted octanol–water partition coefficient (Wildman–Crippen LogP) is 3.12. The number of hydrogen-bond donors (Lipinski definition) is 0. The minimum Gasteiger partial charge on any atom is -0.298 e. The normalized spacial score (nSPS) is 18.1. The van der Waals surface area contributed by atoms with Crippen LogP contribution in [0.3, 0.4) is 0 Å². The summed E-state index contributed by atoms with van der Waals surface area (Å²) in [7, 11) is 0. The van der Waals surface area contributed by atoms with Crippen LogP contribution in [0.15, 0.2) is 28.7 Å². The van der Waals surface area contributed by atoms with E-state index < -0.39 is 0 Å². The zero-order valence-corrected chi connectivity index (χ0v) is 10.3. The SMILES string of the molecule is ClCC1CN(Cc2ccccc2Br)C1. The largest absolute Gasteiger partial charge is 0.298 e. The molecule has 1 aromatic rings. The van der Waals surface area contributed by atoms with E-state index in [2.05, 4.69) is 39.0 Å². The van der Waals surface area contributed by atoms with Crippen LogP contribution in [0.25, 0.3) is 0 Å². The molecule has 0 radical (unpaired) electrons. The molecule has 0 atom stereocenters. The summed E-state index contributed by atoms with van der Waals surface area (Å²) < 4.78 is 1.20. The van der Waals surface area contributed by atoms with Crippen molar-refractivity contribution < 1.29 is 0 Å². The summed E-state index contributed by atoms with van der Waals surface area (Å²) in [5.41, 5.74) is 1.36. The molecule has 0 N–H and O–H groups in total. The Morgan fingerprint density at radius 1 is 1.36 bits per heavy atom. The topological polar surface area (TPSA) is 3.24 Å². The molecule has 0 saturated carbocycles. The van der Waals surface area contributed by atoms with Crippen molar-refractivity contribution in [2.24, 2.45) is 5.92 Å². The fraction of sp³-hybridized carbons (Fsp3) is 0.455. The number of rotatable bonds is 3. The molecule has 14 heavy (non-hydrogen) atoms. The first-order valence-corrected chi connectivity index (χ1v) is 6.14. The van der Waals surface area contributed by atoms with Gasteiger partial charge in [0, 0.05) is 30.0 Å². The summed E-state index contributed by atoms with van der Waals surface area (Å²) in [6, 6.07) is 8.39. The highest BCUT2D eigenvalue weighted by atomic mass is 79.9. The zero-order valence-electron chi connectivity index (χ0n) is 7.92. The third-order valence-electron chi connectivity index (χ3n) is 2.60. The maximum atomic E-state index is 5.77. The van der Waals surface area contributed by atoms with Crippen LogP contribution in [0.1, 0.15) is 5.56 Å². The van der Waals surface area contributed by atoms with Crippen LogP contribution in [0.2, 0.25) is 0 Å². The van der Waals surface area contributed by atoms with Crippen LogP contribution in [0.5, 0.6) is 0 Å². The van der Waals surface area contributed by atoms with Crippen molar-refractivity contribution in [2.45, 2.75) is 6.54 Å². The molecule has 0 aromatic heterocycles. The highest BCUT2D eigenvalue weighted by molar-refractivity contribution is 9.10. The van der Waals surface area contributed by atoms with Gasteiger partial charge in [0.1, 0.15) is 0 Å². The maximum absolute atomic E-state index is 5.77. The summed E-state index contributed by atoms with van der Waals surface area (Å²) in [4.78, 5) is 2.42. The van der Waals surface area contributed by atoms with Gasteiger partial charge in [-0.05, 0) is 17.5 Å². The molecule has 1 aliphatic heterocycles. The van der Waals surface area contributed by atoms with E-state index in [0.29, 0.717) is 5.92 Å². The number of benzene rings is 1. The van der Waals surface area contributed by atoms with Gasteiger partial charge in [-0.25, -0.2) is 0 Å².